The van der Waals surface area contributed by atoms with Gasteiger partial charge in [-0.15, -0.1) is 0 Å². The molecule has 13 heteroatoms. The fourth-order valence-electron chi connectivity index (χ4n) is 6.49. The fourth-order valence-corrected chi connectivity index (χ4v) is 7.12. The lowest BCUT2D eigenvalue weighted by molar-refractivity contribution is -0.147. The third-order valence-electron chi connectivity index (χ3n) is 9.27. The predicted molar refractivity (Wildman–Crippen MR) is 169 cm³/mol. The van der Waals surface area contributed by atoms with E-state index in [9.17, 15) is 33.5 Å². The summed E-state index contributed by atoms with van der Waals surface area (Å²) in [6.45, 7) is 4.26. The number of amides is 3. The van der Waals surface area contributed by atoms with Gasteiger partial charge in [-0.1, -0.05) is 51.3 Å². The fraction of sp³-hybridized carbons (Fsp3) is 0.625. The third-order valence-corrected chi connectivity index (χ3v) is 10.2. The molecule has 45 heavy (non-hydrogen) atoms. The molecule has 2 fully saturated rings. The number of fused-ring (bicyclic) bond motifs is 2. The number of piperidine rings is 1. The molecule has 0 spiro atoms. The van der Waals surface area contributed by atoms with Gasteiger partial charge in [-0.2, -0.15) is 4.73 Å². The van der Waals surface area contributed by atoms with Crippen molar-refractivity contribution < 1.29 is 38.4 Å². The van der Waals surface area contributed by atoms with Crippen LogP contribution in [0.25, 0.3) is 10.9 Å². The van der Waals surface area contributed by atoms with E-state index >= 15 is 0 Å². The zero-order valence-corrected chi connectivity index (χ0v) is 27.3. The first-order valence-electron chi connectivity index (χ1n) is 16.1. The average Bonchev–Trinajstić information content (AvgIpc) is 3.38. The minimum absolute atomic E-state index is 0.0793. The summed E-state index contributed by atoms with van der Waals surface area (Å²) in [6, 6.07) is 5.03. The summed E-state index contributed by atoms with van der Waals surface area (Å²) in [5, 5.41) is 6.74. The highest BCUT2D eigenvalue weighted by Gasteiger charge is 2.41. The van der Waals surface area contributed by atoms with Crippen molar-refractivity contribution in [2.75, 3.05) is 19.8 Å². The Kier molecular flexibility index (Phi) is 11.8. The second-order valence-electron chi connectivity index (χ2n) is 12.5. The number of rotatable bonds is 11. The molecule has 0 radical (unpaired) electrons. The maximum absolute atomic E-state index is 14.0. The van der Waals surface area contributed by atoms with Crippen molar-refractivity contribution in [3.05, 3.63) is 36.0 Å². The summed E-state index contributed by atoms with van der Waals surface area (Å²) in [7, 11) is -2.58. The molecule has 0 saturated carbocycles. The number of benzene rings is 1. The Hall–Kier alpha value is -3.21. The van der Waals surface area contributed by atoms with Crippen LogP contribution in [-0.2, 0) is 30.2 Å². The van der Waals surface area contributed by atoms with Gasteiger partial charge in [0.1, 0.15) is 19.2 Å². The number of para-hydroxylation sites is 1. The van der Waals surface area contributed by atoms with Gasteiger partial charge in [-0.25, -0.2) is 0 Å². The monoisotopic (exact) mass is 646 g/mol. The molecule has 3 amide bonds. The topological polar surface area (TPSA) is 167 Å². The van der Waals surface area contributed by atoms with E-state index in [1.165, 1.54) is 0 Å². The first-order valence-corrected chi connectivity index (χ1v) is 17.8. The standard InChI is InChI=1S/C32H47N4O8P/c1-4-21(2)29-32(40)35-16-10-9-15-27(35)28(37)19-22(12-6-5-11-17-45(41,42)43)30(38)33-25(31(39)34-29)18-23-20-36(44-3)26-14-8-7-13-24(23)26/h7-8,13-14,20-22,25,27,29H,4-6,9-12,15-19H2,1-3H3,(H,33,38)(H,34,39)(H2,41,42,43)/t21?,22-,25+,27-,29+/m1/s1. The molecular weight excluding hydrogens is 599 g/mol. The first kappa shape index (κ1) is 34.7. The van der Waals surface area contributed by atoms with Crippen LogP contribution in [0.3, 0.4) is 0 Å². The predicted octanol–water partition coefficient (Wildman–Crippen LogP) is 2.97. The number of carbonyl (C=O) groups excluding carboxylic acids is 4. The Morgan fingerprint density at radius 1 is 1.04 bits per heavy atom. The number of nitrogens with zero attached hydrogens (tertiary/aromatic N) is 2. The van der Waals surface area contributed by atoms with Crippen molar-refractivity contribution in [3.8, 4) is 0 Å². The maximum Gasteiger partial charge on any atom is 0.325 e. The van der Waals surface area contributed by atoms with E-state index in [-0.39, 0.29) is 36.6 Å². The van der Waals surface area contributed by atoms with E-state index in [2.05, 4.69) is 10.6 Å². The van der Waals surface area contributed by atoms with Gasteiger partial charge in [0.2, 0.25) is 17.7 Å². The minimum atomic E-state index is -4.12. The van der Waals surface area contributed by atoms with Crippen LogP contribution in [0.15, 0.2) is 30.5 Å². The molecule has 2 aliphatic rings. The molecule has 3 heterocycles. The number of hydrogen-bond donors (Lipinski definition) is 4. The Labute approximate surface area is 264 Å². The lowest BCUT2D eigenvalue weighted by Crippen LogP contribution is -2.61. The molecule has 4 N–H and O–H groups in total. The molecule has 1 aromatic heterocycles. The molecule has 0 bridgehead atoms. The van der Waals surface area contributed by atoms with Gasteiger partial charge in [0.15, 0.2) is 5.78 Å². The Balaban J connectivity index is 1.67. The van der Waals surface area contributed by atoms with Crippen LogP contribution in [0.4, 0.5) is 0 Å². The molecule has 1 unspecified atom stereocenters. The molecule has 248 valence electrons. The van der Waals surface area contributed by atoms with Crippen LogP contribution in [0.1, 0.15) is 77.2 Å². The summed E-state index contributed by atoms with van der Waals surface area (Å²) >= 11 is 0. The van der Waals surface area contributed by atoms with Crippen LogP contribution < -0.4 is 15.5 Å². The van der Waals surface area contributed by atoms with E-state index in [0.29, 0.717) is 45.1 Å². The van der Waals surface area contributed by atoms with Gasteiger partial charge < -0.3 is 30.2 Å². The summed E-state index contributed by atoms with van der Waals surface area (Å²) in [5.41, 5.74) is 1.57. The number of aromatic nitrogens is 1. The van der Waals surface area contributed by atoms with E-state index < -0.39 is 43.5 Å². The summed E-state index contributed by atoms with van der Waals surface area (Å²) in [6.07, 6.45) is 5.84. The molecule has 2 aliphatic heterocycles. The van der Waals surface area contributed by atoms with Crippen LogP contribution in [0.2, 0.25) is 0 Å². The van der Waals surface area contributed by atoms with Crippen LogP contribution >= 0.6 is 7.60 Å². The van der Waals surface area contributed by atoms with E-state index in [1.807, 2.05) is 38.1 Å². The highest BCUT2D eigenvalue weighted by molar-refractivity contribution is 7.51. The number of hydrogen-bond acceptors (Lipinski definition) is 6. The lowest BCUT2D eigenvalue weighted by Gasteiger charge is -2.39. The zero-order chi connectivity index (χ0) is 32.7. The summed E-state index contributed by atoms with van der Waals surface area (Å²) < 4.78 is 12.9. The molecule has 5 atom stereocenters. The van der Waals surface area contributed by atoms with Crippen molar-refractivity contribution in [2.24, 2.45) is 11.8 Å². The third kappa shape index (κ3) is 8.74. The molecule has 0 aliphatic carbocycles. The maximum atomic E-state index is 14.0. The second-order valence-corrected chi connectivity index (χ2v) is 14.2. The number of unbranched alkanes of at least 4 members (excludes halogenated alkanes) is 2. The Morgan fingerprint density at radius 3 is 2.51 bits per heavy atom. The number of carbonyl (C=O) groups is 4. The highest BCUT2D eigenvalue weighted by atomic mass is 31.2. The quantitative estimate of drug-likeness (QED) is 0.214. The normalized spacial score (nSPS) is 24.3. The van der Waals surface area contributed by atoms with Gasteiger partial charge in [-0.05, 0) is 49.7 Å². The Morgan fingerprint density at radius 2 is 1.80 bits per heavy atom. The van der Waals surface area contributed by atoms with Crippen molar-refractivity contribution in [1.82, 2.24) is 20.3 Å². The highest BCUT2D eigenvalue weighted by Crippen LogP contribution is 2.36. The summed E-state index contributed by atoms with van der Waals surface area (Å²) in [5.74, 6) is -2.30. The van der Waals surface area contributed by atoms with Crippen LogP contribution in [0, 0.1) is 11.8 Å². The van der Waals surface area contributed by atoms with Crippen molar-refractivity contribution in [3.63, 3.8) is 0 Å². The van der Waals surface area contributed by atoms with Gasteiger partial charge in [0.25, 0.3) is 0 Å². The van der Waals surface area contributed by atoms with Crippen LogP contribution in [-0.4, -0.2) is 80.9 Å². The van der Waals surface area contributed by atoms with Crippen LogP contribution in [0.5, 0.6) is 0 Å². The molecule has 4 rings (SSSR count). The van der Waals surface area contributed by atoms with E-state index in [4.69, 9.17) is 4.84 Å². The van der Waals surface area contributed by atoms with E-state index in [1.54, 1.807) is 22.9 Å². The van der Waals surface area contributed by atoms with Crippen molar-refractivity contribution >= 4 is 42.0 Å². The molecule has 2 aromatic rings. The lowest BCUT2D eigenvalue weighted by atomic mass is 9.87. The second kappa shape index (κ2) is 15.4. The zero-order valence-electron chi connectivity index (χ0n) is 26.4. The smallest absolute Gasteiger partial charge is 0.325 e. The molecule has 2 saturated heterocycles. The first-order chi connectivity index (χ1) is 21.4. The van der Waals surface area contributed by atoms with Gasteiger partial charge in [0.05, 0.1) is 11.6 Å². The number of nitrogens with one attached hydrogen (secondary N) is 2. The Bertz CT molecular complexity index is 1420. The largest absolute Gasteiger partial charge is 0.417 e. The number of ketones is 1. The SMILES string of the molecule is CCC(C)[C@@H]1NC(=O)[C@H](Cc2cn(OC)c3ccccc23)NC(=O)[C@H](CCCCCP(=O)(O)O)CC(=O)[C@H]2CCCCN2C1=O. The molecule has 1 aromatic carbocycles. The minimum Gasteiger partial charge on any atom is -0.417 e. The molecular formula is C32H47N4O8P. The van der Waals surface area contributed by atoms with Gasteiger partial charge >= 0.3 is 7.60 Å². The number of Topliss-reactive ketones (excluding diaryl/α,β-unsaturated/α-hetero) is 1. The summed E-state index contributed by atoms with van der Waals surface area (Å²) in [4.78, 5) is 81.2. The van der Waals surface area contributed by atoms with Crippen molar-refractivity contribution in [2.45, 2.75) is 96.2 Å². The molecule has 12 nitrogen and oxygen atoms in total. The van der Waals surface area contributed by atoms with Gasteiger partial charge in [-0.3, -0.25) is 23.7 Å². The van der Waals surface area contributed by atoms with Gasteiger partial charge in [0, 0.05) is 43.0 Å². The average molecular weight is 647 g/mol. The van der Waals surface area contributed by atoms with E-state index in [0.717, 1.165) is 29.3 Å². The van der Waals surface area contributed by atoms with Crippen molar-refractivity contribution in [1.29, 1.82) is 0 Å².